The van der Waals surface area contributed by atoms with Gasteiger partial charge in [0, 0.05) is 30.9 Å². The van der Waals surface area contributed by atoms with Gasteiger partial charge in [-0.2, -0.15) is 5.26 Å². The zero-order valence-electron chi connectivity index (χ0n) is 19.1. The predicted molar refractivity (Wildman–Crippen MR) is 130 cm³/mol. The van der Waals surface area contributed by atoms with Crippen LogP contribution in [-0.2, 0) is 20.5 Å². The Morgan fingerprint density at radius 1 is 1.00 bits per heavy atom. The first kappa shape index (κ1) is 21.3. The number of aromatic nitrogens is 1. The smallest absolute Gasteiger partial charge is 0.341 e. The molecule has 1 amide bonds. The average molecular weight is 462 g/mol. The van der Waals surface area contributed by atoms with Gasteiger partial charge in [-0.25, -0.2) is 4.79 Å². The van der Waals surface area contributed by atoms with Gasteiger partial charge in [0.05, 0.1) is 29.2 Å². The summed E-state index contributed by atoms with van der Waals surface area (Å²) < 4.78 is 5.80. The van der Waals surface area contributed by atoms with Gasteiger partial charge in [-0.15, -0.1) is 0 Å². The van der Waals surface area contributed by atoms with Gasteiger partial charge in [0.15, 0.2) is 5.60 Å². The van der Waals surface area contributed by atoms with E-state index in [0.717, 1.165) is 35.1 Å². The number of carbonyl (C=O) groups is 2. The van der Waals surface area contributed by atoms with Gasteiger partial charge in [0.25, 0.3) is 0 Å². The van der Waals surface area contributed by atoms with E-state index in [1.807, 2.05) is 59.5 Å². The molecule has 1 atom stereocenters. The first-order valence-corrected chi connectivity index (χ1v) is 11.8. The number of hydrogen-bond acceptors (Lipinski definition) is 5. The average Bonchev–Trinajstić information content (AvgIpc) is 3.53. The molecule has 0 radical (unpaired) electrons. The van der Waals surface area contributed by atoms with Crippen LogP contribution in [0.2, 0.25) is 0 Å². The summed E-state index contributed by atoms with van der Waals surface area (Å²) in [5.74, 6) is -0.234. The second-order valence-electron chi connectivity index (χ2n) is 9.55. The summed E-state index contributed by atoms with van der Waals surface area (Å²) in [7, 11) is 0. The first-order valence-electron chi connectivity index (χ1n) is 11.8. The van der Waals surface area contributed by atoms with E-state index >= 15 is 0 Å². The number of benzene rings is 2. The molecular formula is C29H23N3O3. The number of hydrogen-bond donors (Lipinski definition) is 0. The SMILES string of the molecule is N#Cc1ccc(/C=C/c2ccc(C3(C(=O)N4CC[C@@]5(C4)OC(=O)c4cnccc45)CC3)cc2)cc1. The molecule has 6 rings (SSSR count). The maximum atomic E-state index is 13.6. The Labute approximate surface area is 203 Å². The minimum absolute atomic E-state index is 0.119. The summed E-state index contributed by atoms with van der Waals surface area (Å²) in [5, 5.41) is 8.93. The lowest BCUT2D eigenvalue weighted by Crippen LogP contribution is -2.40. The first-order chi connectivity index (χ1) is 17.0. The number of fused-ring (bicyclic) bond motifs is 2. The van der Waals surface area contributed by atoms with Gasteiger partial charge in [0.1, 0.15) is 0 Å². The normalized spacial score (nSPS) is 21.7. The van der Waals surface area contributed by atoms with Crippen LogP contribution in [0, 0.1) is 11.3 Å². The quantitative estimate of drug-likeness (QED) is 0.423. The van der Waals surface area contributed by atoms with Crippen LogP contribution < -0.4 is 0 Å². The van der Waals surface area contributed by atoms with Crippen molar-refractivity contribution in [1.82, 2.24) is 9.88 Å². The van der Waals surface area contributed by atoms with Crippen molar-refractivity contribution in [2.75, 3.05) is 13.1 Å². The van der Waals surface area contributed by atoms with Crippen LogP contribution in [-0.4, -0.2) is 34.8 Å². The lowest BCUT2D eigenvalue weighted by atomic mass is 9.92. The van der Waals surface area contributed by atoms with Crippen LogP contribution in [0.4, 0.5) is 0 Å². The Hall–Kier alpha value is -4.24. The Morgan fingerprint density at radius 2 is 1.69 bits per heavy atom. The number of pyridine rings is 1. The molecule has 1 saturated heterocycles. The molecule has 0 bridgehead atoms. The maximum Gasteiger partial charge on any atom is 0.341 e. The third-order valence-electron chi connectivity index (χ3n) is 7.47. The van der Waals surface area contributed by atoms with Crippen molar-refractivity contribution in [2.45, 2.75) is 30.3 Å². The van der Waals surface area contributed by atoms with Crippen molar-refractivity contribution in [1.29, 1.82) is 5.26 Å². The molecule has 6 heteroatoms. The van der Waals surface area contributed by atoms with Crippen LogP contribution >= 0.6 is 0 Å². The highest BCUT2D eigenvalue weighted by Crippen LogP contribution is 2.52. The monoisotopic (exact) mass is 461 g/mol. The lowest BCUT2D eigenvalue weighted by Gasteiger charge is -2.27. The van der Waals surface area contributed by atoms with Gasteiger partial charge >= 0.3 is 5.97 Å². The summed E-state index contributed by atoms with van der Waals surface area (Å²) in [4.78, 5) is 31.9. The summed E-state index contributed by atoms with van der Waals surface area (Å²) in [6.07, 6.45) is 9.53. The highest BCUT2D eigenvalue weighted by Gasteiger charge is 2.57. The zero-order chi connectivity index (χ0) is 24.0. The fraction of sp³-hybridized carbons (Fsp3) is 0.241. The van der Waals surface area contributed by atoms with Gasteiger partial charge in [-0.05, 0) is 47.7 Å². The van der Waals surface area contributed by atoms with Crippen molar-refractivity contribution < 1.29 is 14.3 Å². The number of nitrogens with zero attached hydrogens (tertiary/aromatic N) is 3. The van der Waals surface area contributed by atoms with Crippen molar-refractivity contribution in [3.05, 3.63) is 100 Å². The number of ether oxygens (including phenoxy) is 1. The molecular weight excluding hydrogens is 438 g/mol. The van der Waals surface area contributed by atoms with Crippen LogP contribution in [0.5, 0.6) is 0 Å². The summed E-state index contributed by atoms with van der Waals surface area (Å²) >= 11 is 0. The van der Waals surface area contributed by atoms with E-state index < -0.39 is 11.0 Å². The fourth-order valence-corrected chi connectivity index (χ4v) is 5.33. The van der Waals surface area contributed by atoms with Crippen molar-refractivity contribution in [2.24, 2.45) is 0 Å². The van der Waals surface area contributed by atoms with E-state index in [9.17, 15) is 9.59 Å². The fourth-order valence-electron chi connectivity index (χ4n) is 5.33. The van der Waals surface area contributed by atoms with Crippen molar-refractivity contribution in [3.63, 3.8) is 0 Å². The van der Waals surface area contributed by atoms with E-state index in [1.54, 1.807) is 24.5 Å². The Bertz CT molecular complexity index is 1400. The Balaban J connectivity index is 1.17. The molecule has 2 aliphatic heterocycles. The zero-order valence-corrected chi connectivity index (χ0v) is 19.1. The maximum absolute atomic E-state index is 13.6. The molecule has 2 aromatic carbocycles. The molecule has 1 aromatic heterocycles. The number of esters is 1. The van der Waals surface area contributed by atoms with Crippen molar-refractivity contribution in [3.8, 4) is 6.07 Å². The molecule has 3 heterocycles. The van der Waals surface area contributed by atoms with Crippen LogP contribution in [0.25, 0.3) is 12.2 Å². The molecule has 2 fully saturated rings. The van der Waals surface area contributed by atoms with Gasteiger partial charge in [-0.3, -0.25) is 9.78 Å². The largest absolute Gasteiger partial charge is 0.449 e. The summed E-state index contributed by atoms with van der Waals surface area (Å²) in [6, 6.07) is 19.6. The van der Waals surface area contributed by atoms with E-state index in [2.05, 4.69) is 11.1 Å². The van der Waals surface area contributed by atoms with Gasteiger partial charge in [0.2, 0.25) is 5.91 Å². The standard InChI is InChI=1S/C29H23N3O3/c30-17-22-5-3-20(4-6-22)1-2-21-7-9-23(10-8-21)28(12-13-28)27(34)32-16-14-29(19-32)25-11-15-31-18-24(25)26(33)35-29/h1-11,15,18H,12-14,16,19H2/b2-1+/t29-/m0/s1. The van der Waals surface area contributed by atoms with E-state index in [-0.39, 0.29) is 11.9 Å². The second kappa shape index (κ2) is 7.92. The van der Waals surface area contributed by atoms with Crippen molar-refractivity contribution >= 4 is 24.0 Å². The third-order valence-corrected chi connectivity index (χ3v) is 7.47. The molecule has 3 aromatic rings. The Morgan fingerprint density at radius 3 is 2.34 bits per heavy atom. The number of rotatable bonds is 4. The molecule has 1 aliphatic carbocycles. The van der Waals surface area contributed by atoms with Crippen LogP contribution in [0.1, 0.15) is 57.4 Å². The van der Waals surface area contributed by atoms with Crippen LogP contribution in [0.3, 0.4) is 0 Å². The summed E-state index contributed by atoms with van der Waals surface area (Å²) in [6.45, 7) is 0.961. The number of amides is 1. The van der Waals surface area contributed by atoms with E-state index in [1.165, 1.54) is 0 Å². The molecule has 0 unspecified atom stereocenters. The molecule has 35 heavy (non-hydrogen) atoms. The molecule has 1 saturated carbocycles. The molecule has 6 nitrogen and oxygen atoms in total. The van der Waals surface area contributed by atoms with E-state index in [0.29, 0.717) is 30.6 Å². The van der Waals surface area contributed by atoms with Gasteiger partial charge < -0.3 is 9.64 Å². The summed E-state index contributed by atoms with van der Waals surface area (Å²) in [5.41, 5.74) is 3.86. The van der Waals surface area contributed by atoms with Gasteiger partial charge in [-0.1, -0.05) is 48.6 Å². The van der Waals surface area contributed by atoms with Crippen LogP contribution in [0.15, 0.2) is 67.0 Å². The highest BCUT2D eigenvalue weighted by atomic mass is 16.6. The molecule has 0 N–H and O–H groups in total. The molecule has 1 spiro atoms. The third kappa shape index (κ3) is 3.52. The highest BCUT2D eigenvalue weighted by molar-refractivity contribution is 5.95. The second-order valence-corrected chi connectivity index (χ2v) is 9.55. The topological polar surface area (TPSA) is 83.3 Å². The predicted octanol–water partition coefficient (Wildman–Crippen LogP) is 4.45. The van der Waals surface area contributed by atoms with E-state index in [4.69, 9.17) is 10.00 Å². The Kier molecular flexibility index (Phi) is 4.82. The number of carbonyl (C=O) groups excluding carboxylic acids is 2. The molecule has 172 valence electrons. The lowest BCUT2D eigenvalue weighted by molar-refractivity contribution is -0.134. The molecule has 3 aliphatic rings. The number of likely N-dealkylation sites (tertiary alicyclic amines) is 1. The minimum Gasteiger partial charge on any atom is -0.449 e. The minimum atomic E-state index is -0.749. The number of nitriles is 1.